The van der Waals surface area contributed by atoms with E-state index in [1.165, 1.54) is 25.1 Å². The topological polar surface area (TPSA) is 53.6 Å². The summed E-state index contributed by atoms with van der Waals surface area (Å²) in [4.78, 5) is 6.84. The average Bonchev–Trinajstić information content (AvgIpc) is 2.92. The molecule has 0 radical (unpaired) electrons. The van der Waals surface area contributed by atoms with E-state index >= 15 is 0 Å². The molecule has 5 heteroatoms. The lowest BCUT2D eigenvalue weighted by Crippen LogP contribution is -2.36. The molecule has 1 aromatic rings. The van der Waals surface area contributed by atoms with Crippen LogP contribution in [0.3, 0.4) is 0 Å². The molecule has 0 amide bonds. The van der Waals surface area contributed by atoms with Crippen LogP contribution >= 0.6 is 24.0 Å². The van der Waals surface area contributed by atoms with Gasteiger partial charge in [0.15, 0.2) is 5.96 Å². The molecule has 4 nitrogen and oxygen atoms in total. The number of benzene rings is 1. The number of nitrogens with one attached hydrogen (secondary N) is 1. The third-order valence-corrected chi connectivity index (χ3v) is 3.66. The molecule has 1 unspecified atom stereocenters. The number of hydrogen-bond donors (Lipinski definition) is 2. The molecule has 1 aliphatic heterocycles. The molecule has 0 bridgehead atoms. The van der Waals surface area contributed by atoms with Gasteiger partial charge in [-0.1, -0.05) is 37.3 Å². The van der Waals surface area contributed by atoms with E-state index in [-0.39, 0.29) is 24.0 Å². The maximum atomic E-state index is 5.89. The molecular weight excluding hydrogens is 363 g/mol. The summed E-state index contributed by atoms with van der Waals surface area (Å²) in [6, 6.07) is 10.2. The molecule has 0 spiro atoms. The Hall–Kier alpha value is -0.820. The van der Waals surface area contributed by atoms with Crippen molar-refractivity contribution >= 4 is 29.9 Å². The summed E-state index contributed by atoms with van der Waals surface area (Å²) < 4.78 is 0. The quantitative estimate of drug-likeness (QED) is 0.461. The first-order valence-electron chi connectivity index (χ1n) is 7.08. The van der Waals surface area contributed by atoms with Crippen LogP contribution in [0.25, 0.3) is 0 Å². The molecular formula is C15H25IN4. The molecule has 0 aromatic heterocycles. The highest BCUT2D eigenvalue weighted by atomic mass is 127. The van der Waals surface area contributed by atoms with Crippen LogP contribution < -0.4 is 11.1 Å². The lowest BCUT2D eigenvalue weighted by atomic mass is 10.1. The first-order chi connectivity index (χ1) is 9.28. The van der Waals surface area contributed by atoms with Crippen molar-refractivity contribution in [1.82, 2.24) is 10.2 Å². The summed E-state index contributed by atoms with van der Waals surface area (Å²) in [7, 11) is 0. The van der Waals surface area contributed by atoms with Crippen LogP contribution in [0.1, 0.15) is 18.9 Å². The van der Waals surface area contributed by atoms with Crippen molar-refractivity contribution in [2.45, 2.75) is 19.9 Å². The third kappa shape index (κ3) is 5.66. The van der Waals surface area contributed by atoms with E-state index in [1.54, 1.807) is 0 Å². The average molecular weight is 388 g/mol. The smallest absolute Gasteiger partial charge is 0.188 e. The van der Waals surface area contributed by atoms with Crippen molar-refractivity contribution in [3.8, 4) is 0 Å². The van der Waals surface area contributed by atoms with Crippen molar-refractivity contribution in [3.63, 3.8) is 0 Å². The molecule has 3 N–H and O–H groups in total. The molecule has 1 saturated heterocycles. The van der Waals surface area contributed by atoms with Gasteiger partial charge in [-0.05, 0) is 31.0 Å². The predicted molar refractivity (Wildman–Crippen MR) is 95.4 cm³/mol. The summed E-state index contributed by atoms with van der Waals surface area (Å²) >= 11 is 0. The lowest BCUT2D eigenvalue weighted by molar-refractivity contribution is 0.342. The first kappa shape index (κ1) is 17.2. The van der Waals surface area contributed by atoms with Crippen LogP contribution in [0.4, 0.5) is 0 Å². The Morgan fingerprint density at radius 1 is 1.40 bits per heavy atom. The number of nitrogens with two attached hydrogens (primary N) is 1. The first-order valence-corrected chi connectivity index (χ1v) is 7.08. The maximum absolute atomic E-state index is 5.89. The normalized spacial score (nSPS) is 19.6. The van der Waals surface area contributed by atoms with Gasteiger partial charge < -0.3 is 16.0 Å². The zero-order chi connectivity index (χ0) is 13.5. The van der Waals surface area contributed by atoms with Crippen LogP contribution in [0, 0.1) is 5.92 Å². The molecule has 1 aromatic carbocycles. The summed E-state index contributed by atoms with van der Waals surface area (Å²) in [5.74, 6) is 1.25. The standard InChI is InChI=1S/C15H24N4.HI/c1-2-19-9-8-14(12-19)11-18-15(16)17-10-13-6-4-3-5-7-13;/h3-7,14H,2,8-12H2,1H3,(H3,16,17,18);1H. The highest BCUT2D eigenvalue weighted by Gasteiger charge is 2.20. The third-order valence-electron chi connectivity index (χ3n) is 3.66. The van der Waals surface area contributed by atoms with E-state index in [2.05, 4.69) is 34.3 Å². The number of aliphatic imine (C=N–C) groups is 1. The molecule has 112 valence electrons. The number of nitrogens with zero attached hydrogens (tertiary/aromatic N) is 2. The highest BCUT2D eigenvalue weighted by Crippen LogP contribution is 2.14. The maximum Gasteiger partial charge on any atom is 0.188 e. The zero-order valence-corrected chi connectivity index (χ0v) is 14.4. The summed E-state index contributed by atoms with van der Waals surface area (Å²) in [5.41, 5.74) is 7.08. The van der Waals surface area contributed by atoms with Gasteiger partial charge in [0.05, 0.1) is 6.54 Å². The van der Waals surface area contributed by atoms with Crippen molar-refractivity contribution in [1.29, 1.82) is 0 Å². The van der Waals surface area contributed by atoms with Gasteiger partial charge in [-0.3, -0.25) is 0 Å². The van der Waals surface area contributed by atoms with Gasteiger partial charge in [-0.15, -0.1) is 24.0 Å². The van der Waals surface area contributed by atoms with E-state index in [9.17, 15) is 0 Å². The van der Waals surface area contributed by atoms with Crippen molar-refractivity contribution < 1.29 is 0 Å². The fourth-order valence-electron chi connectivity index (χ4n) is 2.43. The van der Waals surface area contributed by atoms with Gasteiger partial charge in [0, 0.05) is 13.1 Å². The second-order valence-corrected chi connectivity index (χ2v) is 5.12. The predicted octanol–water partition coefficient (Wildman–Crippen LogP) is 2.05. The minimum atomic E-state index is 0. The minimum Gasteiger partial charge on any atom is -0.370 e. The van der Waals surface area contributed by atoms with Gasteiger partial charge in [0.25, 0.3) is 0 Å². The van der Waals surface area contributed by atoms with Crippen molar-refractivity contribution in [2.24, 2.45) is 16.6 Å². The van der Waals surface area contributed by atoms with E-state index < -0.39 is 0 Å². The fraction of sp³-hybridized carbons (Fsp3) is 0.533. The Morgan fingerprint density at radius 2 is 2.15 bits per heavy atom. The van der Waals surface area contributed by atoms with E-state index in [1.807, 2.05) is 18.2 Å². The van der Waals surface area contributed by atoms with Crippen molar-refractivity contribution in [3.05, 3.63) is 35.9 Å². The Kier molecular flexibility index (Phi) is 7.91. The molecule has 1 fully saturated rings. The monoisotopic (exact) mass is 388 g/mol. The Morgan fingerprint density at radius 3 is 2.80 bits per heavy atom. The highest BCUT2D eigenvalue weighted by molar-refractivity contribution is 14.0. The van der Waals surface area contributed by atoms with Gasteiger partial charge in [0.2, 0.25) is 0 Å². The van der Waals surface area contributed by atoms with Crippen LogP contribution in [-0.4, -0.2) is 37.0 Å². The van der Waals surface area contributed by atoms with Crippen LogP contribution in [0.2, 0.25) is 0 Å². The van der Waals surface area contributed by atoms with Gasteiger partial charge in [0.1, 0.15) is 0 Å². The van der Waals surface area contributed by atoms with Crippen molar-refractivity contribution in [2.75, 3.05) is 26.2 Å². The Labute approximate surface area is 138 Å². The van der Waals surface area contributed by atoms with Crippen LogP contribution in [0.15, 0.2) is 35.3 Å². The second-order valence-electron chi connectivity index (χ2n) is 5.12. The molecule has 2 rings (SSSR count). The van der Waals surface area contributed by atoms with Crippen LogP contribution in [-0.2, 0) is 6.54 Å². The molecule has 1 aliphatic rings. The summed E-state index contributed by atoms with van der Waals surface area (Å²) in [6.45, 7) is 7.32. The molecule has 1 heterocycles. The molecule has 0 aliphatic carbocycles. The summed E-state index contributed by atoms with van der Waals surface area (Å²) in [5, 5.41) is 3.24. The van der Waals surface area contributed by atoms with Gasteiger partial charge >= 0.3 is 0 Å². The van der Waals surface area contributed by atoms with E-state index in [0.29, 0.717) is 18.4 Å². The number of rotatable bonds is 5. The van der Waals surface area contributed by atoms with E-state index in [0.717, 1.165) is 13.1 Å². The molecule has 1 atom stereocenters. The zero-order valence-electron chi connectivity index (χ0n) is 12.1. The fourth-order valence-corrected chi connectivity index (χ4v) is 2.43. The number of likely N-dealkylation sites (tertiary alicyclic amines) is 1. The molecule has 20 heavy (non-hydrogen) atoms. The lowest BCUT2D eigenvalue weighted by Gasteiger charge is -2.14. The second kappa shape index (κ2) is 9.18. The molecule has 0 saturated carbocycles. The SMILES string of the molecule is CCN1CCC(CNC(N)=NCc2ccccc2)C1.I. The Balaban J connectivity index is 0.00000200. The number of guanidine groups is 1. The number of halogens is 1. The number of hydrogen-bond acceptors (Lipinski definition) is 2. The minimum absolute atomic E-state index is 0. The largest absolute Gasteiger partial charge is 0.370 e. The van der Waals surface area contributed by atoms with Gasteiger partial charge in [-0.25, -0.2) is 4.99 Å². The summed E-state index contributed by atoms with van der Waals surface area (Å²) in [6.07, 6.45) is 1.26. The van der Waals surface area contributed by atoms with E-state index in [4.69, 9.17) is 5.73 Å². The van der Waals surface area contributed by atoms with Crippen LogP contribution in [0.5, 0.6) is 0 Å². The Bertz CT molecular complexity index is 408. The van der Waals surface area contributed by atoms with Gasteiger partial charge in [-0.2, -0.15) is 0 Å².